The summed E-state index contributed by atoms with van der Waals surface area (Å²) in [6.07, 6.45) is 9.54. The van der Waals surface area contributed by atoms with Crippen molar-refractivity contribution in [3.05, 3.63) is 47.8 Å². The van der Waals surface area contributed by atoms with E-state index in [1.165, 1.54) is 24.1 Å². The van der Waals surface area contributed by atoms with Gasteiger partial charge in [0.05, 0.1) is 5.69 Å². The molecule has 0 radical (unpaired) electrons. The summed E-state index contributed by atoms with van der Waals surface area (Å²) in [7, 11) is 0. The number of nitrogens with one attached hydrogen (secondary N) is 1. The Labute approximate surface area is 166 Å². The second-order valence-electron chi connectivity index (χ2n) is 8.69. The van der Waals surface area contributed by atoms with Crippen LogP contribution in [0.15, 0.2) is 36.5 Å². The van der Waals surface area contributed by atoms with Crippen molar-refractivity contribution in [2.75, 3.05) is 19.6 Å². The number of rotatable bonds is 5. The predicted octanol–water partition coefficient (Wildman–Crippen LogP) is 3.09. The molecule has 2 aromatic rings. The highest BCUT2D eigenvalue weighted by molar-refractivity contribution is 5.76. The molecule has 5 rings (SSSR count). The van der Waals surface area contributed by atoms with E-state index in [-0.39, 0.29) is 11.3 Å². The van der Waals surface area contributed by atoms with Gasteiger partial charge < -0.3 is 10.2 Å². The zero-order valence-corrected chi connectivity index (χ0v) is 16.4. The van der Waals surface area contributed by atoms with Crippen molar-refractivity contribution in [2.24, 2.45) is 0 Å². The van der Waals surface area contributed by atoms with Crippen LogP contribution in [0, 0.1) is 0 Å². The lowest BCUT2D eigenvalue weighted by atomic mass is 9.77. The van der Waals surface area contributed by atoms with Crippen LogP contribution in [0.4, 0.5) is 0 Å². The van der Waals surface area contributed by atoms with E-state index in [9.17, 15) is 4.79 Å². The normalized spacial score (nSPS) is 24.3. The molecule has 5 heteroatoms. The molecule has 1 aliphatic heterocycles. The molecule has 2 heterocycles. The highest BCUT2D eigenvalue weighted by Crippen LogP contribution is 2.44. The fraction of sp³-hybridized carbons (Fsp3) is 0.522. The number of fused-ring (bicyclic) bond motifs is 2. The van der Waals surface area contributed by atoms with Crippen LogP contribution in [0.25, 0.3) is 11.4 Å². The summed E-state index contributed by atoms with van der Waals surface area (Å²) >= 11 is 0. The third-order valence-electron chi connectivity index (χ3n) is 6.53. The van der Waals surface area contributed by atoms with Gasteiger partial charge in [-0.3, -0.25) is 4.79 Å². The number of hydrogen-bond acceptors (Lipinski definition) is 4. The van der Waals surface area contributed by atoms with Crippen LogP contribution in [0.5, 0.6) is 0 Å². The first kappa shape index (κ1) is 17.8. The number of nitrogens with zero attached hydrogens (tertiary/aromatic N) is 3. The fourth-order valence-electron chi connectivity index (χ4n) is 4.87. The van der Waals surface area contributed by atoms with Crippen molar-refractivity contribution in [3.63, 3.8) is 0 Å². The summed E-state index contributed by atoms with van der Waals surface area (Å²) < 4.78 is 0. The Morgan fingerprint density at radius 1 is 1.21 bits per heavy atom. The number of piperidine rings is 1. The van der Waals surface area contributed by atoms with Gasteiger partial charge in [-0.15, -0.1) is 0 Å². The van der Waals surface area contributed by atoms with Crippen LogP contribution >= 0.6 is 0 Å². The van der Waals surface area contributed by atoms with Gasteiger partial charge in [0.25, 0.3) is 0 Å². The first-order valence-electron chi connectivity index (χ1n) is 10.7. The van der Waals surface area contributed by atoms with E-state index in [0.717, 1.165) is 56.7 Å². The maximum Gasteiger partial charge on any atom is 0.221 e. The van der Waals surface area contributed by atoms with Gasteiger partial charge >= 0.3 is 0 Å². The van der Waals surface area contributed by atoms with Crippen LogP contribution in [0.3, 0.4) is 0 Å². The van der Waals surface area contributed by atoms with Crippen LogP contribution in [0.2, 0.25) is 0 Å². The average molecular weight is 377 g/mol. The number of aryl methyl sites for hydroxylation is 1. The Bertz CT molecular complexity index is 860. The minimum atomic E-state index is 0.132. The molecule has 2 fully saturated rings. The van der Waals surface area contributed by atoms with Crippen molar-refractivity contribution in [1.29, 1.82) is 0 Å². The Hall–Kier alpha value is -2.27. The first-order valence-corrected chi connectivity index (χ1v) is 10.7. The van der Waals surface area contributed by atoms with E-state index in [2.05, 4.69) is 27.3 Å². The molecule has 1 saturated carbocycles. The molecular weight excluding hydrogens is 348 g/mol. The third kappa shape index (κ3) is 3.55. The Kier molecular flexibility index (Phi) is 4.63. The summed E-state index contributed by atoms with van der Waals surface area (Å²) in [5.41, 5.74) is 3.78. The number of aromatic nitrogens is 2. The van der Waals surface area contributed by atoms with Gasteiger partial charge in [0, 0.05) is 42.7 Å². The van der Waals surface area contributed by atoms with Crippen molar-refractivity contribution in [2.45, 2.75) is 56.4 Å². The highest BCUT2D eigenvalue weighted by Gasteiger charge is 2.43. The second-order valence-corrected chi connectivity index (χ2v) is 8.69. The quantitative estimate of drug-likeness (QED) is 0.871. The first-order chi connectivity index (χ1) is 13.7. The Morgan fingerprint density at radius 2 is 2.07 bits per heavy atom. The third-order valence-corrected chi connectivity index (χ3v) is 6.53. The zero-order valence-electron chi connectivity index (χ0n) is 16.4. The molecule has 2 aliphatic carbocycles. The topological polar surface area (TPSA) is 58.1 Å². The van der Waals surface area contributed by atoms with E-state index in [1.807, 2.05) is 24.4 Å². The SMILES string of the molecule is O=C(CCN1CCCC2(CCc3cnc(-c4ccccc4)nc32)C1)NC1CC1. The number of benzene rings is 1. The Balaban J connectivity index is 1.32. The molecule has 1 unspecified atom stereocenters. The maximum atomic E-state index is 12.1. The summed E-state index contributed by atoms with van der Waals surface area (Å²) in [4.78, 5) is 24.3. The van der Waals surface area contributed by atoms with Crippen LogP contribution in [0.1, 0.15) is 49.8 Å². The monoisotopic (exact) mass is 376 g/mol. The van der Waals surface area contributed by atoms with Crippen molar-refractivity contribution in [1.82, 2.24) is 20.2 Å². The van der Waals surface area contributed by atoms with Gasteiger partial charge in [0.2, 0.25) is 5.91 Å². The number of amides is 1. The summed E-state index contributed by atoms with van der Waals surface area (Å²) in [5.74, 6) is 1.05. The molecular formula is C23H28N4O. The van der Waals surface area contributed by atoms with E-state index in [1.54, 1.807) is 0 Å². The minimum absolute atomic E-state index is 0.132. The maximum absolute atomic E-state index is 12.1. The lowest BCUT2D eigenvalue weighted by Crippen LogP contribution is -2.46. The molecule has 3 aliphatic rings. The summed E-state index contributed by atoms with van der Waals surface area (Å²) in [6.45, 7) is 2.96. The van der Waals surface area contributed by atoms with Gasteiger partial charge in [-0.05, 0) is 50.6 Å². The lowest BCUT2D eigenvalue weighted by molar-refractivity contribution is -0.121. The van der Waals surface area contributed by atoms with Crippen LogP contribution in [-0.4, -0.2) is 46.5 Å². The summed E-state index contributed by atoms with van der Waals surface area (Å²) in [6, 6.07) is 10.7. The molecule has 1 aromatic heterocycles. The average Bonchev–Trinajstić information content (AvgIpc) is 3.49. The fourth-order valence-corrected chi connectivity index (χ4v) is 4.87. The molecule has 1 saturated heterocycles. The van der Waals surface area contributed by atoms with Gasteiger partial charge in [-0.2, -0.15) is 0 Å². The van der Waals surface area contributed by atoms with E-state index in [4.69, 9.17) is 4.98 Å². The predicted molar refractivity (Wildman–Crippen MR) is 109 cm³/mol. The summed E-state index contributed by atoms with van der Waals surface area (Å²) in [5, 5.41) is 3.11. The van der Waals surface area contributed by atoms with Gasteiger partial charge in [0.15, 0.2) is 5.82 Å². The molecule has 146 valence electrons. The standard InChI is InChI=1S/C23H28N4O/c28-20(25-19-7-8-19)10-14-27-13-4-11-23(16-27)12-9-18-15-24-22(26-21(18)23)17-5-2-1-3-6-17/h1-3,5-6,15,19H,4,7-14,16H2,(H,25,28). The molecule has 1 N–H and O–H groups in total. The molecule has 5 nitrogen and oxygen atoms in total. The minimum Gasteiger partial charge on any atom is -0.353 e. The zero-order chi connectivity index (χ0) is 19.0. The molecule has 1 spiro atoms. The molecule has 1 atom stereocenters. The van der Waals surface area contributed by atoms with Crippen LogP contribution < -0.4 is 5.32 Å². The molecule has 28 heavy (non-hydrogen) atoms. The number of likely N-dealkylation sites (tertiary alicyclic amines) is 1. The molecule has 1 amide bonds. The van der Waals surface area contributed by atoms with E-state index in [0.29, 0.717) is 12.5 Å². The highest BCUT2D eigenvalue weighted by atomic mass is 16.1. The smallest absolute Gasteiger partial charge is 0.221 e. The van der Waals surface area contributed by atoms with Gasteiger partial charge in [0.1, 0.15) is 0 Å². The van der Waals surface area contributed by atoms with Gasteiger partial charge in [-0.25, -0.2) is 9.97 Å². The number of carbonyl (C=O) groups excluding carboxylic acids is 1. The van der Waals surface area contributed by atoms with Crippen molar-refractivity contribution < 1.29 is 4.79 Å². The van der Waals surface area contributed by atoms with Gasteiger partial charge in [-0.1, -0.05) is 30.3 Å². The van der Waals surface area contributed by atoms with Crippen LogP contribution in [-0.2, 0) is 16.6 Å². The van der Waals surface area contributed by atoms with E-state index < -0.39 is 0 Å². The number of hydrogen-bond donors (Lipinski definition) is 1. The van der Waals surface area contributed by atoms with Crippen molar-refractivity contribution in [3.8, 4) is 11.4 Å². The number of carbonyl (C=O) groups is 1. The molecule has 1 aromatic carbocycles. The second kappa shape index (κ2) is 7.28. The molecule has 0 bridgehead atoms. The lowest BCUT2D eigenvalue weighted by Gasteiger charge is -2.40. The Morgan fingerprint density at radius 3 is 2.89 bits per heavy atom. The van der Waals surface area contributed by atoms with E-state index >= 15 is 0 Å². The van der Waals surface area contributed by atoms with Crippen molar-refractivity contribution >= 4 is 5.91 Å². The largest absolute Gasteiger partial charge is 0.353 e.